The third kappa shape index (κ3) is 5.54. The summed E-state index contributed by atoms with van der Waals surface area (Å²) in [4.78, 5) is 30.6. The fourth-order valence-electron chi connectivity index (χ4n) is 5.09. The first-order valence-electron chi connectivity index (χ1n) is 13.6. The van der Waals surface area contributed by atoms with Crippen LogP contribution in [0.5, 0.6) is 11.6 Å². The minimum absolute atomic E-state index is 0.0885. The van der Waals surface area contributed by atoms with Crippen LogP contribution in [0.15, 0.2) is 71.7 Å². The van der Waals surface area contributed by atoms with E-state index in [9.17, 15) is 4.79 Å². The van der Waals surface area contributed by atoms with Crippen molar-refractivity contribution in [3.63, 3.8) is 0 Å². The molecule has 1 aliphatic heterocycles. The van der Waals surface area contributed by atoms with E-state index < -0.39 is 0 Å². The lowest BCUT2D eigenvalue weighted by molar-refractivity contribution is 0.0992. The van der Waals surface area contributed by atoms with Gasteiger partial charge in [-0.2, -0.15) is 4.98 Å². The first kappa shape index (κ1) is 26.0. The number of carbonyl (C=O) groups is 1. The lowest BCUT2D eigenvalue weighted by Crippen LogP contribution is -2.43. The number of furan rings is 1. The van der Waals surface area contributed by atoms with Crippen molar-refractivity contribution in [2.45, 2.75) is 26.8 Å². The van der Waals surface area contributed by atoms with Gasteiger partial charge in [-0.15, -0.1) is 0 Å². The molecule has 4 heterocycles. The number of H-pyrrole nitrogens is 1. The largest absolute Gasteiger partial charge is 0.472 e. The molecule has 2 aromatic carbocycles. The maximum absolute atomic E-state index is 13.4. The molecular formula is C32H33N5O3. The Labute approximate surface area is 233 Å². The van der Waals surface area contributed by atoms with Crippen molar-refractivity contribution >= 4 is 16.8 Å². The molecule has 40 heavy (non-hydrogen) atoms. The summed E-state index contributed by atoms with van der Waals surface area (Å²) in [6.07, 6.45) is 5.30. The number of nitrogens with zero attached hydrogens (tertiary/aromatic N) is 4. The number of likely N-dealkylation sites (N-methyl/N-ethyl adjacent to an activating group) is 1. The second-order valence-electron chi connectivity index (χ2n) is 10.6. The number of fused-ring (bicyclic) bond motifs is 1. The summed E-state index contributed by atoms with van der Waals surface area (Å²) in [5.74, 6) is 1.63. The van der Waals surface area contributed by atoms with Gasteiger partial charge in [0.15, 0.2) is 11.6 Å². The Balaban J connectivity index is 1.19. The summed E-state index contributed by atoms with van der Waals surface area (Å²) < 4.78 is 11.5. The smallest absolute Gasteiger partial charge is 0.247 e. The number of hydrogen-bond donors (Lipinski definition) is 1. The average Bonchev–Trinajstić information content (AvgIpc) is 3.65. The Hall–Kier alpha value is -4.27. The van der Waals surface area contributed by atoms with Crippen LogP contribution in [0, 0.1) is 13.8 Å². The molecule has 1 fully saturated rings. The van der Waals surface area contributed by atoms with Crippen molar-refractivity contribution in [3.05, 3.63) is 95.1 Å². The Morgan fingerprint density at radius 3 is 2.60 bits per heavy atom. The molecule has 8 nitrogen and oxygen atoms in total. The van der Waals surface area contributed by atoms with Gasteiger partial charge in [0.25, 0.3) is 0 Å². The molecule has 1 aliphatic rings. The highest BCUT2D eigenvalue weighted by atomic mass is 16.5. The molecule has 0 saturated carbocycles. The third-order valence-corrected chi connectivity index (χ3v) is 7.69. The summed E-state index contributed by atoms with van der Waals surface area (Å²) in [6, 6.07) is 15.6. The van der Waals surface area contributed by atoms with Crippen molar-refractivity contribution in [1.29, 1.82) is 0 Å². The quantitative estimate of drug-likeness (QED) is 0.251. The number of aryl methyl sites for hydroxylation is 2. The van der Waals surface area contributed by atoms with E-state index in [1.54, 1.807) is 12.5 Å². The van der Waals surface area contributed by atoms with Crippen LogP contribution in [0.3, 0.4) is 0 Å². The fourth-order valence-corrected chi connectivity index (χ4v) is 5.09. The van der Waals surface area contributed by atoms with Gasteiger partial charge < -0.3 is 19.0 Å². The van der Waals surface area contributed by atoms with Gasteiger partial charge in [-0.05, 0) is 73.5 Å². The van der Waals surface area contributed by atoms with Crippen molar-refractivity contribution in [1.82, 2.24) is 24.8 Å². The highest BCUT2D eigenvalue weighted by molar-refractivity contribution is 5.98. The summed E-state index contributed by atoms with van der Waals surface area (Å²) in [6.45, 7) is 9.37. The van der Waals surface area contributed by atoms with E-state index in [0.29, 0.717) is 29.4 Å². The van der Waals surface area contributed by atoms with E-state index in [1.165, 1.54) is 5.56 Å². The highest BCUT2D eigenvalue weighted by Crippen LogP contribution is 2.31. The van der Waals surface area contributed by atoms with Crippen LogP contribution >= 0.6 is 0 Å². The Morgan fingerprint density at radius 1 is 0.975 bits per heavy atom. The van der Waals surface area contributed by atoms with Crippen molar-refractivity contribution in [2.75, 3.05) is 33.2 Å². The van der Waals surface area contributed by atoms with Crippen LogP contribution in [0.4, 0.5) is 0 Å². The maximum atomic E-state index is 13.4. The summed E-state index contributed by atoms with van der Waals surface area (Å²) >= 11 is 0. The van der Waals surface area contributed by atoms with E-state index >= 15 is 0 Å². The Bertz CT molecular complexity index is 1650. The van der Waals surface area contributed by atoms with Crippen LogP contribution in [0.1, 0.15) is 32.6 Å². The van der Waals surface area contributed by atoms with Gasteiger partial charge in [0.05, 0.1) is 17.3 Å². The van der Waals surface area contributed by atoms with Crippen molar-refractivity contribution in [3.8, 4) is 23.0 Å². The number of hydrogen-bond acceptors (Lipinski definition) is 7. The second-order valence-corrected chi connectivity index (χ2v) is 10.6. The number of ether oxygens (including phenoxy) is 1. The first-order chi connectivity index (χ1) is 19.4. The van der Waals surface area contributed by atoms with Gasteiger partial charge in [0.2, 0.25) is 5.88 Å². The molecule has 0 spiro atoms. The van der Waals surface area contributed by atoms with Crippen LogP contribution in [-0.2, 0) is 13.0 Å². The molecular weight excluding hydrogens is 502 g/mol. The van der Waals surface area contributed by atoms with Gasteiger partial charge in [-0.25, -0.2) is 4.98 Å². The highest BCUT2D eigenvalue weighted by Gasteiger charge is 2.17. The molecule has 0 radical (unpaired) electrons. The van der Waals surface area contributed by atoms with Crippen LogP contribution in [0.2, 0.25) is 0 Å². The summed E-state index contributed by atoms with van der Waals surface area (Å²) in [7, 11) is 2.17. The molecule has 0 amide bonds. The second kappa shape index (κ2) is 11.1. The van der Waals surface area contributed by atoms with Gasteiger partial charge in [-0.1, -0.05) is 18.2 Å². The molecule has 204 valence electrons. The number of carbonyl (C=O) groups excluding carboxylic acids is 1. The van der Waals surface area contributed by atoms with E-state index in [1.807, 2.05) is 55.6 Å². The molecule has 0 atom stereocenters. The number of rotatable bonds is 8. The van der Waals surface area contributed by atoms with Crippen LogP contribution < -0.4 is 4.74 Å². The number of ketones is 1. The van der Waals surface area contributed by atoms with Gasteiger partial charge in [-0.3, -0.25) is 9.69 Å². The predicted molar refractivity (Wildman–Crippen MR) is 155 cm³/mol. The lowest BCUT2D eigenvalue weighted by atomic mass is 9.96. The number of aromatic amines is 1. The number of piperazine rings is 1. The Kier molecular flexibility index (Phi) is 7.19. The molecule has 1 N–H and O–H groups in total. The number of nitrogens with one attached hydrogen (secondary N) is 1. The zero-order chi connectivity index (χ0) is 27.6. The van der Waals surface area contributed by atoms with Crippen molar-refractivity contribution in [2.24, 2.45) is 0 Å². The lowest BCUT2D eigenvalue weighted by Gasteiger charge is -2.32. The molecule has 6 rings (SSSR count). The van der Waals surface area contributed by atoms with Gasteiger partial charge >= 0.3 is 0 Å². The monoisotopic (exact) mass is 535 g/mol. The molecule has 0 bridgehead atoms. The Morgan fingerprint density at radius 2 is 1.82 bits per heavy atom. The van der Waals surface area contributed by atoms with Crippen molar-refractivity contribution < 1.29 is 13.9 Å². The number of benzene rings is 2. The molecule has 0 aliphatic carbocycles. The molecule has 5 aromatic rings. The SMILES string of the molecule is Cc1ccc(Oc2nc(-c3ccoc3)nc3cc[nH]c23)cc1CC(=O)c1ccc(CN2CCN(C)CC2)c(C)c1. The van der Waals surface area contributed by atoms with Crippen LogP contribution in [-0.4, -0.2) is 63.8 Å². The molecule has 0 unspecified atom stereocenters. The normalized spacial score (nSPS) is 14.6. The minimum Gasteiger partial charge on any atom is -0.472 e. The predicted octanol–water partition coefficient (Wildman–Crippen LogP) is 5.80. The van der Waals surface area contributed by atoms with Crippen LogP contribution in [0.25, 0.3) is 22.4 Å². The van der Waals surface area contributed by atoms with E-state index in [-0.39, 0.29) is 5.78 Å². The summed E-state index contributed by atoms with van der Waals surface area (Å²) in [5.41, 5.74) is 7.36. The number of Topliss-reactive ketones (excluding diaryl/α,β-unsaturated/α-hetero) is 1. The average molecular weight is 536 g/mol. The molecule has 3 aromatic heterocycles. The van der Waals surface area contributed by atoms with E-state index in [2.05, 4.69) is 44.8 Å². The minimum atomic E-state index is 0.0885. The topological polar surface area (TPSA) is 87.5 Å². The standard InChI is InChI=1S/C32H33N5O3/c1-21-4-7-27(40-32-30-28(8-10-33-30)34-31(35-32)25-9-15-39-20-25)17-26(21)18-29(38)23-5-6-24(22(2)16-23)19-37-13-11-36(3)12-14-37/h4-10,15-17,20,33H,11-14,18-19H2,1-3H3. The fraction of sp³-hybridized carbons (Fsp3) is 0.281. The number of aromatic nitrogens is 3. The van der Waals surface area contributed by atoms with Gasteiger partial charge in [0, 0.05) is 50.9 Å². The van der Waals surface area contributed by atoms with E-state index in [4.69, 9.17) is 9.15 Å². The zero-order valence-electron chi connectivity index (χ0n) is 23.1. The maximum Gasteiger partial charge on any atom is 0.247 e. The van der Waals surface area contributed by atoms with E-state index in [0.717, 1.165) is 66.1 Å². The summed E-state index contributed by atoms with van der Waals surface area (Å²) in [5, 5.41) is 0. The zero-order valence-corrected chi connectivity index (χ0v) is 23.1. The third-order valence-electron chi connectivity index (χ3n) is 7.69. The van der Waals surface area contributed by atoms with Gasteiger partial charge in [0.1, 0.15) is 17.5 Å². The molecule has 1 saturated heterocycles. The molecule has 8 heteroatoms. The first-order valence-corrected chi connectivity index (χ1v) is 13.6.